The lowest BCUT2D eigenvalue weighted by molar-refractivity contribution is -0.145. The van der Waals surface area contributed by atoms with Gasteiger partial charge in [-0.1, -0.05) is 65.7 Å². The van der Waals surface area contributed by atoms with Crippen LogP contribution < -0.4 is 5.48 Å². The van der Waals surface area contributed by atoms with Crippen LogP contribution in [0.25, 0.3) is 0 Å². The second-order valence-corrected chi connectivity index (χ2v) is 9.29. The minimum absolute atomic E-state index is 0.0807. The molecule has 0 aromatic heterocycles. The lowest BCUT2D eigenvalue weighted by atomic mass is 9.73. The van der Waals surface area contributed by atoms with E-state index in [1.165, 1.54) is 12.8 Å². The summed E-state index contributed by atoms with van der Waals surface area (Å²) in [5, 5.41) is 9.50. The standard InChI is InChI=1S/C20H32N2O3.C4H10/c1-6-7-8-14(2)18-10-17(21-25-18)13-22-11-15(19(23)24)9-16(12-22)20(3,4)5;1-3-4-2/h6-8,10,15-17,21H,9,11-13H2,1-5H3,(H,23,24);3-4H2,1-2H3/b7-6-,14-8+;. The monoisotopic (exact) mass is 406 g/mol. The Morgan fingerprint density at radius 2 is 1.97 bits per heavy atom. The predicted octanol–water partition coefficient (Wildman–Crippen LogP) is 5.17. The fourth-order valence-electron chi connectivity index (χ4n) is 3.44. The van der Waals surface area contributed by atoms with E-state index in [1.807, 2.05) is 32.1 Å². The molecular formula is C24H42N2O3. The number of hydrogen-bond acceptors (Lipinski definition) is 4. The molecule has 166 valence electrons. The molecule has 3 unspecified atom stereocenters. The number of nitrogens with one attached hydrogen (secondary N) is 1. The predicted molar refractivity (Wildman–Crippen MR) is 120 cm³/mol. The van der Waals surface area contributed by atoms with Crippen LogP contribution >= 0.6 is 0 Å². The van der Waals surface area contributed by atoms with Crippen LogP contribution in [0, 0.1) is 17.3 Å². The fraction of sp³-hybridized carbons (Fsp3) is 0.708. The summed E-state index contributed by atoms with van der Waals surface area (Å²) in [4.78, 5) is 19.4. The number of piperidine rings is 1. The number of carboxylic acids is 1. The van der Waals surface area contributed by atoms with Crippen molar-refractivity contribution in [2.45, 2.75) is 73.8 Å². The quantitative estimate of drug-likeness (QED) is 0.596. The van der Waals surface area contributed by atoms with E-state index in [0.29, 0.717) is 12.5 Å². The van der Waals surface area contributed by atoms with Crippen LogP contribution in [0.4, 0.5) is 0 Å². The van der Waals surface area contributed by atoms with E-state index >= 15 is 0 Å². The number of carboxylic acid groups (broad SMARTS) is 1. The zero-order valence-electron chi connectivity index (χ0n) is 19.5. The Balaban J connectivity index is 0.000000960. The molecule has 2 aliphatic rings. The maximum Gasteiger partial charge on any atom is 0.307 e. The Morgan fingerprint density at radius 1 is 1.31 bits per heavy atom. The van der Waals surface area contributed by atoms with Crippen LogP contribution in [-0.2, 0) is 9.63 Å². The minimum Gasteiger partial charge on any atom is -0.481 e. The number of carbonyl (C=O) groups is 1. The molecular weight excluding hydrogens is 364 g/mol. The number of nitrogens with zero attached hydrogens (tertiary/aromatic N) is 1. The molecule has 0 aromatic carbocycles. The first kappa shape index (κ1) is 25.4. The van der Waals surface area contributed by atoms with Crippen LogP contribution in [0.15, 0.2) is 35.6 Å². The molecule has 0 radical (unpaired) electrons. The maximum absolute atomic E-state index is 11.6. The third kappa shape index (κ3) is 8.75. The van der Waals surface area contributed by atoms with Crippen molar-refractivity contribution in [1.82, 2.24) is 10.4 Å². The Morgan fingerprint density at radius 3 is 2.48 bits per heavy atom. The second kappa shape index (κ2) is 12.2. The maximum atomic E-state index is 11.6. The first-order valence-corrected chi connectivity index (χ1v) is 11.0. The molecule has 0 aliphatic carbocycles. The number of allylic oxidation sites excluding steroid dienone is 4. The highest BCUT2D eigenvalue weighted by molar-refractivity contribution is 5.70. The average molecular weight is 407 g/mol. The van der Waals surface area contributed by atoms with E-state index in [1.54, 1.807) is 0 Å². The summed E-state index contributed by atoms with van der Waals surface area (Å²) in [6.45, 7) is 17.3. The van der Waals surface area contributed by atoms with Gasteiger partial charge in [-0.25, -0.2) is 0 Å². The number of hydrogen-bond donors (Lipinski definition) is 2. The number of unbranched alkanes of at least 4 members (excludes halogenated alkanes) is 1. The van der Waals surface area contributed by atoms with Crippen molar-refractivity contribution in [3.8, 4) is 0 Å². The molecule has 1 fully saturated rings. The molecule has 2 aliphatic heterocycles. The van der Waals surface area contributed by atoms with E-state index < -0.39 is 5.97 Å². The summed E-state index contributed by atoms with van der Waals surface area (Å²) in [6.07, 6.45) is 11.5. The lowest BCUT2D eigenvalue weighted by Gasteiger charge is -2.42. The molecule has 5 heteroatoms. The van der Waals surface area contributed by atoms with Gasteiger partial charge in [-0.2, -0.15) is 0 Å². The topological polar surface area (TPSA) is 61.8 Å². The van der Waals surface area contributed by atoms with E-state index in [4.69, 9.17) is 4.84 Å². The van der Waals surface area contributed by atoms with Crippen LogP contribution in [0.1, 0.15) is 67.7 Å². The van der Waals surface area contributed by atoms with Gasteiger partial charge in [0.15, 0.2) is 0 Å². The Labute approximate surface area is 177 Å². The summed E-state index contributed by atoms with van der Waals surface area (Å²) >= 11 is 0. The summed E-state index contributed by atoms with van der Waals surface area (Å²) < 4.78 is 0. The van der Waals surface area contributed by atoms with Gasteiger partial charge in [-0.3, -0.25) is 4.79 Å². The number of likely N-dealkylation sites (tertiary alicyclic amines) is 1. The van der Waals surface area contributed by atoms with Gasteiger partial charge < -0.3 is 14.8 Å². The SMILES string of the molecule is C/C=C\C=C(/C)C1=CC(CN2CC(C(=O)O)CC(C(C)(C)C)C2)NO1.CCCC. The second-order valence-electron chi connectivity index (χ2n) is 9.29. The Hall–Kier alpha value is -1.59. The van der Waals surface area contributed by atoms with Crippen molar-refractivity contribution in [2.24, 2.45) is 17.3 Å². The van der Waals surface area contributed by atoms with Gasteiger partial charge in [0.1, 0.15) is 5.76 Å². The third-order valence-corrected chi connectivity index (χ3v) is 5.66. The highest BCUT2D eigenvalue weighted by Crippen LogP contribution is 2.35. The Bertz CT molecular complexity index is 600. The van der Waals surface area contributed by atoms with E-state index in [-0.39, 0.29) is 17.4 Å². The highest BCUT2D eigenvalue weighted by Gasteiger charge is 2.37. The molecule has 2 rings (SSSR count). The van der Waals surface area contributed by atoms with Crippen molar-refractivity contribution in [1.29, 1.82) is 0 Å². The molecule has 0 aromatic rings. The average Bonchev–Trinajstić information content (AvgIpc) is 3.13. The molecule has 2 N–H and O–H groups in total. The van der Waals surface area contributed by atoms with Crippen molar-refractivity contribution < 1.29 is 14.7 Å². The summed E-state index contributed by atoms with van der Waals surface area (Å²) in [7, 11) is 0. The van der Waals surface area contributed by atoms with Gasteiger partial charge in [0.25, 0.3) is 0 Å². The zero-order chi connectivity index (χ0) is 22.0. The van der Waals surface area contributed by atoms with Crippen LogP contribution in [0.3, 0.4) is 0 Å². The first-order chi connectivity index (χ1) is 13.6. The van der Waals surface area contributed by atoms with Gasteiger partial charge in [0.2, 0.25) is 0 Å². The van der Waals surface area contributed by atoms with Crippen molar-refractivity contribution in [3.05, 3.63) is 35.6 Å². The van der Waals surface area contributed by atoms with Gasteiger partial charge in [0.05, 0.1) is 12.0 Å². The number of rotatable bonds is 6. The normalized spacial score (nSPS) is 26.0. The van der Waals surface area contributed by atoms with Crippen LogP contribution in [-0.4, -0.2) is 41.7 Å². The minimum atomic E-state index is -0.684. The van der Waals surface area contributed by atoms with Crippen molar-refractivity contribution in [3.63, 3.8) is 0 Å². The molecule has 2 heterocycles. The van der Waals surface area contributed by atoms with Gasteiger partial charge in [0, 0.05) is 19.6 Å². The molecule has 3 atom stereocenters. The van der Waals surface area contributed by atoms with Crippen molar-refractivity contribution >= 4 is 5.97 Å². The molecule has 0 spiro atoms. The van der Waals surface area contributed by atoms with E-state index in [2.05, 4.69) is 51.1 Å². The zero-order valence-corrected chi connectivity index (χ0v) is 19.5. The van der Waals surface area contributed by atoms with Crippen LogP contribution in [0.2, 0.25) is 0 Å². The third-order valence-electron chi connectivity index (χ3n) is 5.66. The van der Waals surface area contributed by atoms with E-state index in [9.17, 15) is 9.90 Å². The van der Waals surface area contributed by atoms with Gasteiger partial charge >= 0.3 is 5.97 Å². The van der Waals surface area contributed by atoms with E-state index in [0.717, 1.165) is 30.8 Å². The summed E-state index contributed by atoms with van der Waals surface area (Å²) in [5.41, 5.74) is 4.24. The van der Waals surface area contributed by atoms with Gasteiger partial charge in [-0.15, -0.1) is 5.48 Å². The summed E-state index contributed by atoms with van der Waals surface area (Å²) in [6, 6.07) is 0.0807. The molecule has 5 nitrogen and oxygen atoms in total. The fourth-order valence-corrected chi connectivity index (χ4v) is 3.44. The lowest BCUT2D eigenvalue weighted by Crippen LogP contribution is -2.50. The van der Waals surface area contributed by atoms with Gasteiger partial charge in [-0.05, 0) is 43.3 Å². The molecule has 0 amide bonds. The number of aliphatic carboxylic acids is 1. The number of hydroxylamine groups is 1. The molecule has 0 saturated carbocycles. The Kier molecular flexibility index (Phi) is 10.7. The first-order valence-electron chi connectivity index (χ1n) is 11.0. The highest BCUT2D eigenvalue weighted by atomic mass is 16.7. The smallest absolute Gasteiger partial charge is 0.307 e. The molecule has 1 saturated heterocycles. The molecule has 0 bridgehead atoms. The largest absolute Gasteiger partial charge is 0.481 e. The summed E-state index contributed by atoms with van der Waals surface area (Å²) in [5.74, 6) is 0.253. The molecule has 29 heavy (non-hydrogen) atoms. The van der Waals surface area contributed by atoms with Crippen LogP contribution in [0.5, 0.6) is 0 Å². The van der Waals surface area contributed by atoms with Crippen molar-refractivity contribution in [2.75, 3.05) is 19.6 Å².